The quantitative estimate of drug-likeness (QED) is 0.708. The summed E-state index contributed by atoms with van der Waals surface area (Å²) in [6, 6.07) is 3.88. The minimum absolute atomic E-state index is 0.137. The fourth-order valence-electron chi connectivity index (χ4n) is 2.31. The number of ketones is 1. The third-order valence-corrected chi connectivity index (χ3v) is 3.38. The molecule has 0 saturated carbocycles. The van der Waals surface area contributed by atoms with Gasteiger partial charge in [-0.2, -0.15) is 0 Å². The molecule has 2 heterocycles. The van der Waals surface area contributed by atoms with E-state index in [0.29, 0.717) is 11.0 Å². The highest BCUT2D eigenvalue weighted by atomic mass is 19.1. The van der Waals surface area contributed by atoms with Crippen molar-refractivity contribution < 1.29 is 18.7 Å². The van der Waals surface area contributed by atoms with Crippen molar-refractivity contribution in [3.8, 4) is 5.88 Å². The minimum atomic E-state index is -0.963. The number of aromatic amines is 1. The summed E-state index contributed by atoms with van der Waals surface area (Å²) in [4.78, 5) is 34.6. The number of halogens is 1. The van der Waals surface area contributed by atoms with Crippen molar-refractivity contribution in [3.63, 3.8) is 0 Å². The van der Waals surface area contributed by atoms with Crippen molar-refractivity contribution in [2.75, 3.05) is 7.11 Å². The van der Waals surface area contributed by atoms with Gasteiger partial charge in [0.15, 0.2) is 5.78 Å². The van der Waals surface area contributed by atoms with Crippen LogP contribution >= 0.6 is 0 Å². The second kappa shape index (κ2) is 5.48. The molecule has 116 valence electrons. The number of fused-ring (bicyclic) bond motifs is 1. The minimum Gasteiger partial charge on any atom is -0.480 e. The van der Waals surface area contributed by atoms with Crippen molar-refractivity contribution >= 4 is 22.7 Å². The van der Waals surface area contributed by atoms with Gasteiger partial charge < -0.3 is 15.5 Å². The summed E-state index contributed by atoms with van der Waals surface area (Å²) in [7, 11) is 1.40. The summed E-state index contributed by atoms with van der Waals surface area (Å²) in [6.07, 6.45) is 2.67. The van der Waals surface area contributed by atoms with Crippen LogP contribution in [0, 0.1) is 5.82 Å². The van der Waals surface area contributed by atoms with Gasteiger partial charge in [-0.15, -0.1) is 0 Å². The largest absolute Gasteiger partial charge is 0.480 e. The lowest BCUT2D eigenvalue weighted by atomic mass is 10.0. The molecule has 7 nitrogen and oxygen atoms in total. The van der Waals surface area contributed by atoms with Gasteiger partial charge in [0.25, 0.3) is 5.91 Å². The van der Waals surface area contributed by atoms with Crippen LogP contribution < -0.4 is 10.5 Å². The second-order valence-electron chi connectivity index (χ2n) is 4.67. The van der Waals surface area contributed by atoms with E-state index < -0.39 is 17.5 Å². The molecule has 1 amide bonds. The number of carbonyl (C=O) groups excluding carboxylic acids is 2. The van der Waals surface area contributed by atoms with Gasteiger partial charge in [0, 0.05) is 6.20 Å². The van der Waals surface area contributed by atoms with Gasteiger partial charge in [-0.25, -0.2) is 14.4 Å². The molecule has 3 N–H and O–H groups in total. The number of ether oxygens (including phenoxy) is 1. The molecule has 3 aromatic rings. The highest BCUT2D eigenvalue weighted by Gasteiger charge is 2.23. The molecule has 0 bridgehead atoms. The van der Waals surface area contributed by atoms with Crippen LogP contribution in [0.5, 0.6) is 5.88 Å². The Labute approximate surface area is 129 Å². The summed E-state index contributed by atoms with van der Waals surface area (Å²) in [5, 5.41) is 0.337. The van der Waals surface area contributed by atoms with Gasteiger partial charge in [-0.1, -0.05) is 6.07 Å². The SMILES string of the molecule is COc1ncnc2[nH]cc(C(=O)c3cccc(C(N)=O)c3F)c12. The summed E-state index contributed by atoms with van der Waals surface area (Å²) >= 11 is 0. The van der Waals surface area contributed by atoms with Gasteiger partial charge in [-0.05, 0) is 12.1 Å². The normalized spacial score (nSPS) is 10.7. The monoisotopic (exact) mass is 314 g/mol. The standard InChI is InChI=1S/C15H11FN4O3/c1-23-15-10-9(5-18-14(10)19-6-20-15)12(21)7-3-2-4-8(11(7)16)13(17)22/h2-6H,1H3,(H2,17,22)(H,18,19,20). The molecule has 1 aromatic carbocycles. The number of hydrogen-bond acceptors (Lipinski definition) is 5. The van der Waals surface area contributed by atoms with Gasteiger partial charge >= 0.3 is 0 Å². The third kappa shape index (κ3) is 2.30. The highest BCUT2D eigenvalue weighted by Crippen LogP contribution is 2.27. The van der Waals surface area contributed by atoms with Crippen molar-refractivity contribution in [1.82, 2.24) is 15.0 Å². The van der Waals surface area contributed by atoms with Gasteiger partial charge in [-0.3, -0.25) is 9.59 Å². The Morgan fingerprint density at radius 1 is 1.22 bits per heavy atom. The summed E-state index contributed by atoms with van der Waals surface area (Å²) in [5.41, 5.74) is 5.00. The number of nitrogens with one attached hydrogen (secondary N) is 1. The number of aromatic nitrogens is 3. The lowest BCUT2D eigenvalue weighted by Crippen LogP contribution is -2.16. The van der Waals surface area contributed by atoms with Crippen LogP contribution in [0.2, 0.25) is 0 Å². The molecular formula is C15H11FN4O3. The molecule has 23 heavy (non-hydrogen) atoms. The van der Waals surface area contributed by atoms with Gasteiger partial charge in [0.2, 0.25) is 5.88 Å². The van der Waals surface area contributed by atoms with E-state index in [0.717, 1.165) is 0 Å². The van der Waals surface area contributed by atoms with Crippen molar-refractivity contribution in [3.05, 3.63) is 53.2 Å². The number of primary amides is 1. The predicted molar refractivity (Wildman–Crippen MR) is 78.8 cm³/mol. The Kier molecular flexibility index (Phi) is 3.49. The summed E-state index contributed by atoms with van der Waals surface area (Å²) < 4.78 is 19.5. The Morgan fingerprint density at radius 3 is 2.65 bits per heavy atom. The van der Waals surface area contributed by atoms with Crippen LogP contribution in [0.15, 0.2) is 30.7 Å². The van der Waals surface area contributed by atoms with Crippen LogP contribution in [0.1, 0.15) is 26.3 Å². The van der Waals surface area contributed by atoms with Crippen LogP contribution in [-0.4, -0.2) is 33.8 Å². The number of methoxy groups -OCH3 is 1. The zero-order chi connectivity index (χ0) is 16.6. The molecule has 3 rings (SSSR count). The smallest absolute Gasteiger partial charge is 0.251 e. The molecule has 2 aromatic heterocycles. The second-order valence-corrected chi connectivity index (χ2v) is 4.67. The summed E-state index contributed by atoms with van der Waals surface area (Å²) in [5.74, 6) is -2.36. The fraction of sp³-hybridized carbons (Fsp3) is 0.0667. The van der Waals surface area contributed by atoms with Crippen LogP contribution in [0.3, 0.4) is 0 Å². The number of amides is 1. The van der Waals surface area contributed by atoms with Crippen LogP contribution in [0.25, 0.3) is 11.0 Å². The van der Waals surface area contributed by atoms with E-state index in [1.54, 1.807) is 0 Å². The fourth-order valence-corrected chi connectivity index (χ4v) is 2.31. The molecule has 0 spiro atoms. The van der Waals surface area contributed by atoms with E-state index in [2.05, 4.69) is 15.0 Å². The highest BCUT2D eigenvalue weighted by molar-refractivity contribution is 6.17. The molecule has 0 saturated heterocycles. The number of nitrogens with zero attached hydrogens (tertiary/aromatic N) is 2. The van der Waals surface area contributed by atoms with Crippen LogP contribution in [0.4, 0.5) is 4.39 Å². The first-order valence-electron chi connectivity index (χ1n) is 6.53. The van der Waals surface area contributed by atoms with E-state index in [1.165, 1.54) is 37.8 Å². The first kappa shape index (κ1) is 14.6. The molecule has 0 aliphatic carbocycles. The third-order valence-electron chi connectivity index (χ3n) is 3.38. The van der Waals surface area contributed by atoms with Crippen molar-refractivity contribution in [2.45, 2.75) is 0 Å². The van der Waals surface area contributed by atoms with Crippen molar-refractivity contribution in [1.29, 1.82) is 0 Å². The van der Waals surface area contributed by atoms with Crippen LogP contribution in [-0.2, 0) is 0 Å². The number of hydrogen-bond donors (Lipinski definition) is 2. The maximum Gasteiger partial charge on any atom is 0.251 e. The van der Waals surface area contributed by atoms with E-state index in [9.17, 15) is 14.0 Å². The number of carbonyl (C=O) groups is 2. The Hall–Kier alpha value is -3.29. The maximum atomic E-state index is 14.4. The van der Waals surface area contributed by atoms with E-state index in [1.807, 2.05) is 0 Å². The Bertz CT molecular complexity index is 936. The lowest BCUT2D eigenvalue weighted by molar-refractivity contribution is 0.0996. The molecule has 0 unspecified atom stereocenters. The number of rotatable bonds is 4. The average Bonchev–Trinajstić information content (AvgIpc) is 2.98. The average molecular weight is 314 g/mol. The van der Waals surface area contributed by atoms with E-state index >= 15 is 0 Å². The molecule has 0 aliphatic heterocycles. The van der Waals surface area contributed by atoms with Crippen molar-refractivity contribution in [2.24, 2.45) is 5.73 Å². The zero-order valence-electron chi connectivity index (χ0n) is 12.0. The number of H-pyrrole nitrogens is 1. The molecule has 0 atom stereocenters. The summed E-state index contributed by atoms with van der Waals surface area (Å²) in [6.45, 7) is 0. The first-order valence-corrected chi connectivity index (χ1v) is 6.53. The molecule has 0 aliphatic rings. The molecule has 8 heteroatoms. The predicted octanol–water partition coefficient (Wildman–Crippen LogP) is 1.44. The number of benzene rings is 1. The topological polar surface area (TPSA) is 111 Å². The van der Waals surface area contributed by atoms with E-state index in [4.69, 9.17) is 10.5 Å². The Morgan fingerprint density at radius 2 is 1.96 bits per heavy atom. The zero-order valence-corrected chi connectivity index (χ0v) is 12.0. The Balaban J connectivity index is 2.19. The number of nitrogens with two attached hydrogens (primary N) is 1. The molecule has 0 radical (unpaired) electrons. The molecule has 0 fully saturated rings. The molecular weight excluding hydrogens is 303 g/mol. The lowest BCUT2D eigenvalue weighted by Gasteiger charge is -2.06. The first-order chi connectivity index (χ1) is 11.0. The van der Waals surface area contributed by atoms with E-state index in [-0.39, 0.29) is 22.6 Å². The maximum absolute atomic E-state index is 14.4. The van der Waals surface area contributed by atoms with Gasteiger partial charge in [0.1, 0.15) is 17.8 Å². The van der Waals surface area contributed by atoms with Gasteiger partial charge in [0.05, 0.1) is 29.2 Å².